The molecule has 1 amide bonds. The molecule has 136 valence electrons. The number of carbonyl (C=O) groups excluding carboxylic acids is 1. The average molecular weight is 419 g/mol. The van der Waals surface area contributed by atoms with Gasteiger partial charge in [-0.1, -0.05) is 24.3 Å². The second kappa shape index (κ2) is 8.29. The fourth-order valence-corrected chi connectivity index (χ4v) is 3.37. The van der Waals surface area contributed by atoms with Gasteiger partial charge in [0, 0.05) is 36.7 Å². The smallest absolute Gasteiger partial charge is 0.292 e. The highest BCUT2D eigenvalue weighted by Gasteiger charge is 2.24. The number of piperazine rings is 1. The van der Waals surface area contributed by atoms with Crippen molar-refractivity contribution in [3.8, 4) is 0 Å². The summed E-state index contributed by atoms with van der Waals surface area (Å²) in [6.45, 7) is 2.94. The van der Waals surface area contributed by atoms with Crippen LogP contribution in [0.4, 0.5) is 17.1 Å². The van der Waals surface area contributed by atoms with E-state index in [-0.39, 0.29) is 16.5 Å². The van der Waals surface area contributed by atoms with Crippen LogP contribution in [0, 0.1) is 10.1 Å². The van der Waals surface area contributed by atoms with E-state index in [1.165, 1.54) is 6.07 Å². The Morgan fingerprint density at radius 3 is 2.42 bits per heavy atom. The molecule has 0 atom stereocenters. The zero-order valence-electron chi connectivity index (χ0n) is 14.1. The number of halogens is 1. The molecule has 1 fully saturated rings. The molecule has 1 N–H and O–H groups in total. The Bertz CT molecular complexity index is 807. The van der Waals surface area contributed by atoms with E-state index in [0.29, 0.717) is 38.4 Å². The molecule has 1 saturated heterocycles. The molecule has 0 radical (unpaired) electrons. The molecule has 2 aromatic rings. The van der Waals surface area contributed by atoms with Crippen LogP contribution in [0.5, 0.6) is 0 Å². The summed E-state index contributed by atoms with van der Waals surface area (Å²) in [6.07, 6.45) is 0. The van der Waals surface area contributed by atoms with Crippen LogP contribution in [0.1, 0.15) is 0 Å². The first-order valence-electron chi connectivity index (χ1n) is 8.29. The Balaban J connectivity index is 1.55. The molecule has 26 heavy (non-hydrogen) atoms. The highest BCUT2D eigenvalue weighted by molar-refractivity contribution is 9.10. The first-order valence-corrected chi connectivity index (χ1v) is 9.09. The molecule has 1 heterocycles. The topological polar surface area (TPSA) is 78.7 Å². The second-order valence-corrected chi connectivity index (χ2v) is 6.89. The Morgan fingerprint density at radius 1 is 1.08 bits per heavy atom. The molecule has 3 rings (SSSR count). The molecule has 0 aromatic heterocycles. The second-order valence-electron chi connectivity index (χ2n) is 6.04. The first-order chi connectivity index (χ1) is 12.5. The summed E-state index contributed by atoms with van der Waals surface area (Å²) in [5.41, 5.74) is 1.50. The lowest BCUT2D eigenvalue weighted by Gasteiger charge is -2.35. The quantitative estimate of drug-likeness (QED) is 0.595. The number of rotatable bonds is 5. The van der Waals surface area contributed by atoms with Gasteiger partial charge >= 0.3 is 0 Å². The van der Waals surface area contributed by atoms with Crippen molar-refractivity contribution < 1.29 is 9.72 Å². The normalized spacial score (nSPS) is 14.9. The average Bonchev–Trinajstić information content (AvgIpc) is 2.64. The van der Waals surface area contributed by atoms with Crippen LogP contribution in [0.2, 0.25) is 0 Å². The van der Waals surface area contributed by atoms with Crippen LogP contribution >= 0.6 is 15.9 Å². The van der Waals surface area contributed by atoms with E-state index in [1.807, 2.05) is 29.2 Å². The van der Waals surface area contributed by atoms with E-state index >= 15 is 0 Å². The minimum absolute atomic E-state index is 0.0731. The van der Waals surface area contributed by atoms with Crippen LogP contribution < -0.4 is 10.2 Å². The minimum atomic E-state index is -0.354. The molecule has 7 nitrogen and oxygen atoms in total. The number of nitro benzene ring substituents is 1. The van der Waals surface area contributed by atoms with Crippen molar-refractivity contribution in [3.63, 3.8) is 0 Å². The molecule has 1 aliphatic heterocycles. The molecule has 0 unspecified atom stereocenters. The highest BCUT2D eigenvalue weighted by Crippen LogP contribution is 2.28. The Kier molecular flexibility index (Phi) is 5.85. The largest absolute Gasteiger partial charge is 0.363 e. The fourth-order valence-electron chi connectivity index (χ4n) is 2.99. The Labute approximate surface area is 159 Å². The van der Waals surface area contributed by atoms with Crippen molar-refractivity contribution in [1.82, 2.24) is 4.90 Å². The van der Waals surface area contributed by atoms with E-state index in [9.17, 15) is 14.9 Å². The van der Waals surface area contributed by atoms with Gasteiger partial charge in [0.2, 0.25) is 5.91 Å². The first kappa shape index (κ1) is 18.3. The summed E-state index contributed by atoms with van der Waals surface area (Å²) in [5, 5.41) is 14.1. The van der Waals surface area contributed by atoms with Gasteiger partial charge in [-0.15, -0.1) is 0 Å². The Hall–Kier alpha value is -2.45. The third-order valence-electron chi connectivity index (χ3n) is 4.31. The van der Waals surface area contributed by atoms with Crippen LogP contribution in [-0.2, 0) is 4.79 Å². The summed E-state index contributed by atoms with van der Waals surface area (Å²) in [7, 11) is 0. The van der Waals surface area contributed by atoms with E-state index in [0.717, 1.165) is 10.2 Å². The van der Waals surface area contributed by atoms with Gasteiger partial charge in [0.25, 0.3) is 5.69 Å². The minimum Gasteiger partial charge on any atom is -0.363 e. The number of hydrogen-bond acceptors (Lipinski definition) is 5. The van der Waals surface area contributed by atoms with Crippen LogP contribution in [0.15, 0.2) is 53.0 Å². The van der Waals surface area contributed by atoms with Gasteiger partial charge in [-0.3, -0.25) is 19.8 Å². The molecule has 0 saturated carbocycles. The Morgan fingerprint density at radius 2 is 1.73 bits per heavy atom. The summed E-state index contributed by atoms with van der Waals surface area (Å²) >= 11 is 3.41. The summed E-state index contributed by atoms with van der Waals surface area (Å²) in [5.74, 6) is -0.0731. The maximum absolute atomic E-state index is 12.3. The van der Waals surface area contributed by atoms with Gasteiger partial charge in [0.15, 0.2) is 0 Å². The van der Waals surface area contributed by atoms with Gasteiger partial charge in [0.05, 0.1) is 17.2 Å². The molecule has 8 heteroatoms. The molecule has 0 spiro atoms. The lowest BCUT2D eigenvalue weighted by atomic mass is 10.2. The van der Waals surface area contributed by atoms with E-state index in [1.54, 1.807) is 18.2 Å². The zero-order chi connectivity index (χ0) is 18.5. The molecule has 2 aromatic carbocycles. The fraction of sp³-hybridized carbons (Fsp3) is 0.278. The molecular formula is C18H19BrN4O3. The molecular weight excluding hydrogens is 400 g/mol. The standard InChI is InChI=1S/C18H19BrN4O3/c19-14-5-1-2-6-15(14)20-18(24)13-21-9-11-22(12-10-21)16-7-3-4-8-17(16)23(25)26/h1-8H,9-13H2,(H,20,24). The maximum atomic E-state index is 12.3. The van der Waals surface area contributed by atoms with Gasteiger partial charge in [-0.05, 0) is 34.1 Å². The highest BCUT2D eigenvalue weighted by atomic mass is 79.9. The van der Waals surface area contributed by atoms with Crippen molar-refractivity contribution in [2.75, 3.05) is 42.9 Å². The number of amides is 1. The summed E-state index contributed by atoms with van der Waals surface area (Å²) < 4.78 is 0.842. The lowest BCUT2D eigenvalue weighted by Crippen LogP contribution is -2.48. The monoisotopic (exact) mass is 418 g/mol. The number of anilines is 2. The molecule has 0 aliphatic carbocycles. The lowest BCUT2D eigenvalue weighted by molar-refractivity contribution is -0.384. The SMILES string of the molecule is O=C(CN1CCN(c2ccccc2[N+](=O)[O-])CC1)Nc1ccccc1Br. The zero-order valence-corrected chi connectivity index (χ0v) is 15.7. The van der Waals surface area contributed by atoms with Gasteiger partial charge in [-0.25, -0.2) is 0 Å². The van der Waals surface area contributed by atoms with E-state index < -0.39 is 0 Å². The summed E-state index contributed by atoms with van der Waals surface area (Å²) in [4.78, 5) is 27.1. The van der Waals surface area contributed by atoms with Crippen molar-refractivity contribution in [2.45, 2.75) is 0 Å². The van der Waals surface area contributed by atoms with Crippen molar-refractivity contribution in [2.24, 2.45) is 0 Å². The predicted octanol–water partition coefficient (Wildman–Crippen LogP) is 3.12. The van der Waals surface area contributed by atoms with E-state index in [4.69, 9.17) is 0 Å². The number of nitrogens with one attached hydrogen (secondary N) is 1. The number of nitrogens with zero attached hydrogens (tertiary/aromatic N) is 3. The van der Waals surface area contributed by atoms with Crippen molar-refractivity contribution >= 4 is 38.9 Å². The van der Waals surface area contributed by atoms with Gasteiger partial charge < -0.3 is 10.2 Å². The van der Waals surface area contributed by atoms with Crippen LogP contribution in [0.25, 0.3) is 0 Å². The maximum Gasteiger partial charge on any atom is 0.292 e. The van der Waals surface area contributed by atoms with Gasteiger partial charge in [-0.2, -0.15) is 0 Å². The molecule has 1 aliphatic rings. The van der Waals surface area contributed by atoms with Crippen molar-refractivity contribution in [3.05, 3.63) is 63.1 Å². The predicted molar refractivity (Wildman–Crippen MR) is 105 cm³/mol. The third kappa shape index (κ3) is 4.39. The number of hydrogen-bond donors (Lipinski definition) is 1. The van der Waals surface area contributed by atoms with E-state index in [2.05, 4.69) is 26.1 Å². The van der Waals surface area contributed by atoms with Crippen LogP contribution in [0.3, 0.4) is 0 Å². The van der Waals surface area contributed by atoms with Crippen molar-refractivity contribution in [1.29, 1.82) is 0 Å². The third-order valence-corrected chi connectivity index (χ3v) is 5.00. The molecule has 0 bridgehead atoms. The number of nitro groups is 1. The number of carbonyl (C=O) groups is 1. The van der Waals surface area contributed by atoms with Gasteiger partial charge in [0.1, 0.15) is 5.69 Å². The number of benzene rings is 2. The number of para-hydroxylation sites is 3. The summed E-state index contributed by atoms with van der Waals surface area (Å²) in [6, 6.07) is 14.2. The van der Waals surface area contributed by atoms with Crippen LogP contribution in [-0.4, -0.2) is 48.5 Å².